The van der Waals surface area contributed by atoms with Gasteiger partial charge in [0.1, 0.15) is 0 Å². The van der Waals surface area contributed by atoms with Crippen LogP contribution in [0.25, 0.3) is 11.4 Å². The molecule has 0 aliphatic heterocycles. The quantitative estimate of drug-likeness (QED) is 0.536. The van der Waals surface area contributed by atoms with Crippen LogP contribution in [0.15, 0.2) is 53.1 Å². The van der Waals surface area contributed by atoms with E-state index in [9.17, 15) is 23.3 Å². The summed E-state index contributed by atoms with van der Waals surface area (Å²) in [5.74, 6) is 0.334. The van der Waals surface area contributed by atoms with E-state index in [1.54, 1.807) is 6.07 Å². The van der Waals surface area contributed by atoms with E-state index in [1.165, 1.54) is 30.3 Å². The lowest BCUT2D eigenvalue weighted by atomic mass is 10.1. The molecule has 0 radical (unpaired) electrons. The van der Waals surface area contributed by atoms with E-state index in [-0.39, 0.29) is 23.9 Å². The van der Waals surface area contributed by atoms with Gasteiger partial charge < -0.3 is 9.84 Å². The number of nitrogens with zero attached hydrogens (tertiary/aromatic N) is 3. The van der Waals surface area contributed by atoms with Gasteiger partial charge in [0.05, 0.1) is 17.0 Å². The number of hydrogen-bond acceptors (Lipinski definition) is 6. The molecule has 3 rings (SSSR count). The van der Waals surface area contributed by atoms with Crippen LogP contribution in [0.1, 0.15) is 11.5 Å². The van der Waals surface area contributed by atoms with Crippen molar-refractivity contribution in [2.24, 2.45) is 0 Å². The number of halogens is 3. The van der Waals surface area contributed by atoms with Crippen molar-refractivity contribution in [2.45, 2.75) is 12.7 Å². The lowest BCUT2D eigenvalue weighted by Gasteiger charge is -2.05. The molecule has 134 valence electrons. The number of nitrogens with one attached hydrogen (secondary N) is 1. The molecule has 0 aliphatic rings. The molecule has 0 saturated heterocycles. The maximum atomic E-state index is 12.6. The summed E-state index contributed by atoms with van der Waals surface area (Å²) in [6.45, 7) is 0.106. The Morgan fingerprint density at radius 2 is 1.88 bits per heavy atom. The molecule has 0 spiro atoms. The fraction of sp³-hybridized carbons (Fsp3) is 0.125. The predicted octanol–water partition coefficient (Wildman–Crippen LogP) is 4.28. The summed E-state index contributed by atoms with van der Waals surface area (Å²) in [5.41, 5.74) is 0.0418. The number of hydrogen-bond donors (Lipinski definition) is 1. The topological polar surface area (TPSA) is 94.1 Å². The average molecular weight is 364 g/mol. The van der Waals surface area contributed by atoms with Crippen LogP contribution in [0.3, 0.4) is 0 Å². The zero-order valence-corrected chi connectivity index (χ0v) is 13.0. The Morgan fingerprint density at radius 1 is 1.15 bits per heavy atom. The van der Waals surface area contributed by atoms with Gasteiger partial charge in [0.25, 0.3) is 5.69 Å². The summed E-state index contributed by atoms with van der Waals surface area (Å²) in [6, 6.07) is 10.3. The normalized spacial score (nSPS) is 11.3. The van der Waals surface area contributed by atoms with Crippen LogP contribution in [0.2, 0.25) is 0 Å². The number of benzene rings is 2. The Balaban J connectivity index is 1.68. The fourth-order valence-corrected chi connectivity index (χ4v) is 2.16. The summed E-state index contributed by atoms with van der Waals surface area (Å²) < 4.78 is 42.7. The molecule has 3 aromatic rings. The number of rotatable bonds is 5. The lowest BCUT2D eigenvalue weighted by Crippen LogP contribution is -2.04. The summed E-state index contributed by atoms with van der Waals surface area (Å²) in [7, 11) is 0. The Labute approximate surface area is 144 Å². The molecular weight excluding hydrogens is 353 g/mol. The van der Waals surface area contributed by atoms with Gasteiger partial charge in [-0.05, 0) is 18.2 Å². The Bertz CT molecular complexity index is 923. The standard InChI is InChI=1S/C16H11F3N4O3/c17-16(18,19)11-6-4-10(5-7-11)15-21-14(26-22-15)9-20-12-2-1-3-13(8-12)23(24)25/h1-8,20H,9H2. The highest BCUT2D eigenvalue weighted by Crippen LogP contribution is 2.30. The third kappa shape index (κ3) is 3.97. The molecule has 1 heterocycles. The van der Waals surface area contributed by atoms with Gasteiger partial charge in [-0.25, -0.2) is 0 Å². The van der Waals surface area contributed by atoms with E-state index in [1.807, 2.05) is 0 Å². The third-order valence-electron chi connectivity index (χ3n) is 3.44. The maximum Gasteiger partial charge on any atom is 0.416 e. The van der Waals surface area contributed by atoms with Crippen molar-refractivity contribution in [1.29, 1.82) is 0 Å². The van der Waals surface area contributed by atoms with Gasteiger partial charge in [-0.15, -0.1) is 0 Å². The molecule has 0 unspecified atom stereocenters. The second-order valence-electron chi connectivity index (χ2n) is 5.25. The van der Waals surface area contributed by atoms with Crippen LogP contribution in [-0.4, -0.2) is 15.1 Å². The van der Waals surface area contributed by atoms with Crippen LogP contribution >= 0.6 is 0 Å². The molecule has 7 nitrogen and oxygen atoms in total. The van der Waals surface area contributed by atoms with E-state index in [4.69, 9.17) is 4.52 Å². The molecular formula is C16H11F3N4O3. The summed E-state index contributed by atoms with van der Waals surface area (Å²) in [5, 5.41) is 17.4. The van der Waals surface area contributed by atoms with Crippen LogP contribution in [0, 0.1) is 10.1 Å². The van der Waals surface area contributed by atoms with Crippen molar-refractivity contribution in [3.8, 4) is 11.4 Å². The molecule has 26 heavy (non-hydrogen) atoms. The minimum absolute atomic E-state index is 0.0639. The molecule has 0 fully saturated rings. The van der Waals surface area contributed by atoms with Crippen molar-refractivity contribution in [3.63, 3.8) is 0 Å². The second-order valence-corrected chi connectivity index (χ2v) is 5.25. The summed E-state index contributed by atoms with van der Waals surface area (Å²) in [6.07, 6.45) is -4.41. The molecule has 1 N–H and O–H groups in total. The van der Waals surface area contributed by atoms with Gasteiger partial charge in [-0.2, -0.15) is 18.2 Å². The molecule has 0 aliphatic carbocycles. The molecule has 0 atom stereocenters. The molecule has 1 aromatic heterocycles. The zero-order chi connectivity index (χ0) is 18.7. The molecule has 0 saturated carbocycles. The van der Waals surface area contributed by atoms with Gasteiger partial charge in [0.2, 0.25) is 11.7 Å². The van der Waals surface area contributed by atoms with Crippen LogP contribution in [0.5, 0.6) is 0 Å². The van der Waals surface area contributed by atoms with Crippen LogP contribution in [0.4, 0.5) is 24.5 Å². The largest absolute Gasteiger partial charge is 0.416 e. The number of anilines is 1. The van der Waals surface area contributed by atoms with Gasteiger partial charge in [0, 0.05) is 23.4 Å². The highest BCUT2D eigenvalue weighted by molar-refractivity contribution is 5.55. The second kappa shape index (κ2) is 6.82. The molecule has 10 heteroatoms. The van der Waals surface area contributed by atoms with Crippen LogP contribution in [-0.2, 0) is 12.7 Å². The number of aromatic nitrogens is 2. The summed E-state index contributed by atoms with van der Waals surface area (Å²) in [4.78, 5) is 14.3. The molecule has 0 amide bonds. The van der Waals surface area contributed by atoms with Crippen molar-refractivity contribution in [1.82, 2.24) is 10.1 Å². The van der Waals surface area contributed by atoms with Crippen molar-refractivity contribution in [2.75, 3.05) is 5.32 Å². The van der Waals surface area contributed by atoms with E-state index in [2.05, 4.69) is 15.5 Å². The molecule has 2 aromatic carbocycles. The van der Waals surface area contributed by atoms with Gasteiger partial charge in [0.15, 0.2) is 0 Å². The maximum absolute atomic E-state index is 12.6. The minimum atomic E-state index is -4.41. The predicted molar refractivity (Wildman–Crippen MR) is 85.2 cm³/mol. The first-order valence-electron chi connectivity index (χ1n) is 7.31. The lowest BCUT2D eigenvalue weighted by molar-refractivity contribution is -0.384. The SMILES string of the molecule is O=[N+]([O-])c1cccc(NCc2nc(-c3ccc(C(F)(F)F)cc3)no2)c1. The van der Waals surface area contributed by atoms with Crippen molar-refractivity contribution < 1.29 is 22.6 Å². The zero-order valence-electron chi connectivity index (χ0n) is 13.0. The highest BCUT2D eigenvalue weighted by atomic mass is 19.4. The molecule has 0 bridgehead atoms. The first-order chi connectivity index (χ1) is 12.3. The van der Waals surface area contributed by atoms with Crippen molar-refractivity contribution >= 4 is 11.4 Å². The smallest absolute Gasteiger partial charge is 0.376 e. The minimum Gasteiger partial charge on any atom is -0.376 e. The van der Waals surface area contributed by atoms with Gasteiger partial charge in [-0.1, -0.05) is 23.4 Å². The van der Waals surface area contributed by atoms with Gasteiger partial charge >= 0.3 is 6.18 Å². The van der Waals surface area contributed by atoms with E-state index in [0.717, 1.165) is 12.1 Å². The number of alkyl halides is 3. The number of nitro benzene ring substituents is 1. The Hall–Kier alpha value is -3.43. The Morgan fingerprint density at radius 3 is 2.54 bits per heavy atom. The van der Waals surface area contributed by atoms with Crippen LogP contribution < -0.4 is 5.32 Å². The third-order valence-corrected chi connectivity index (χ3v) is 3.44. The number of nitro groups is 1. The number of non-ortho nitro benzene ring substituents is 1. The summed E-state index contributed by atoms with van der Waals surface area (Å²) >= 11 is 0. The fourth-order valence-electron chi connectivity index (χ4n) is 2.16. The first kappa shape index (κ1) is 17.4. The van der Waals surface area contributed by atoms with E-state index < -0.39 is 16.7 Å². The Kier molecular flexibility index (Phi) is 4.57. The average Bonchev–Trinajstić information content (AvgIpc) is 3.08. The van der Waals surface area contributed by atoms with E-state index in [0.29, 0.717) is 11.3 Å². The van der Waals surface area contributed by atoms with Gasteiger partial charge in [-0.3, -0.25) is 10.1 Å². The highest BCUT2D eigenvalue weighted by Gasteiger charge is 2.30. The van der Waals surface area contributed by atoms with E-state index >= 15 is 0 Å². The van der Waals surface area contributed by atoms with Crippen molar-refractivity contribution in [3.05, 3.63) is 70.1 Å². The first-order valence-corrected chi connectivity index (χ1v) is 7.31. The monoisotopic (exact) mass is 364 g/mol.